The Bertz CT molecular complexity index is 866. The summed E-state index contributed by atoms with van der Waals surface area (Å²) in [7, 11) is 0. The van der Waals surface area contributed by atoms with E-state index in [-0.39, 0.29) is 11.7 Å². The van der Waals surface area contributed by atoms with Crippen molar-refractivity contribution in [1.82, 2.24) is 9.97 Å². The lowest BCUT2D eigenvalue weighted by Gasteiger charge is -2.37. The Morgan fingerprint density at radius 3 is 2.58 bits per heavy atom. The van der Waals surface area contributed by atoms with Crippen LogP contribution in [0.15, 0.2) is 30.6 Å². The highest BCUT2D eigenvalue weighted by molar-refractivity contribution is 6.30. The number of nitrogens with one attached hydrogen (secondary N) is 1. The molecule has 1 aliphatic heterocycles. The zero-order valence-electron chi connectivity index (χ0n) is 18.9. The van der Waals surface area contributed by atoms with Crippen molar-refractivity contribution in [2.75, 3.05) is 30.0 Å². The van der Waals surface area contributed by atoms with Crippen LogP contribution in [0.25, 0.3) is 0 Å². The predicted octanol–water partition coefficient (Wildman–Crippen LogP) is 5.60. The van der Waals surface area contributed by atoms with Gasteiger partial charge >= 0.3 is 0 Å². The van der Waals surface area contributed by atoms with E-state index in [1.165, 1.54) is 0 Å². The zero-order chi connectivity index (χ0) is 22.4. The SMILES string of the molecule is CC(=O)C[C@@H](C)c1cnc(N(CC(C)C)C2CCOCC2)c(Nc2ccc(Cl)cn2)c1. The van der Waals surface area contributed by atoms with Crippen molar-refractivity contribution in [2.24, 2.45) is 5.92 Å². The van der Waals surface area contributed by atoms with Gasteiger partial charge in [-0.25, -0.2) is 9.97 Å². The third-order valence-electron chi connectivity index (χ3n) is 5.51. The van der Waals surface area contributed by atoms with Gasteiger partial charge in [0.25, 0.3) is 0 Å². The van der Waals surface area contributed by atoms with Gasteiger partial charge < -0.3 is 19.7 Å². The van der Waals surface area contributed by atoms with Gasteiger partial charge in [0.2, 0.25) is 0 Å². The third kappa shape index (κ3) is 6.65. The molecule has 6 nitrogen and oxygen atoms in total. The Morgan fingerprint density at radius 2 is 1.97 bits per heavy atom. The molecule has 3 rings (SSSR count). The quantitative estimate of drug-likeness (QED) is 0.543. The molecule has 1 N–H and O–H groups in total. The molecular weight excluding hydrogens is 412 g/mol. The normalized spacial score (nSPS) is 15.7. The number of anilines is 3. The molecule has 0 bridgehead atoms. The number of pyridine rings is 2. The zero-order valence-corrected chi connectivity index (χ0v) is 19.7. The second-order valence-corrected chi connectivity index (χ2v) is 9.26. The van der Waals surface area contributed by atoms with Crippen LogP contribution in [-0.2, 0) is 9.53 Å². The lowest BCUT2D eigenvalue weighted by atomic mass is 9.97. The summed E-state index contributed by atoms with van der Waals surface area (Å²) in [5, 5.41) is 4.04. The van der Waals surface area contributed by atoms with Gasteiger partial charge in [0.1, 0.15) is 11.6 Å². The number of aromatic nitrogens is 2. The van der Waals surface area contributed by atoms with E-state index >= 15 is 0 Å². The number of halogens is 1. The Hall–Kier alpha value is -2.18. The van der Waals surface area contributed by atoms with Gasteiger partial charge in [0, 0.05) is 44.6 Å². The van der Waals surface area contributed by atoms with Gasteiger partial charge in [0.05, 0.1) is 10.7 Å². The Labute approximate surface area is 190 Å². The molecule has 31 heavy (non-hydrogen) atoms. The number of hydrogen-bond acceptors (Lipinski definition) is 6. The van der Waals surface area contributed by atoms with Crippen molar-refractivity contribution in [2.45, 2.75) is 58.9 Å². The molecule has 0 aromatic carbocycles. The summed E-state index contributed by atoms with van der Waals surface area (Å²) in [6, 6.07) is 6.16. The van der Waals surface area contributed by atoms with Gasteiger partial charge in [-0.2, -0.15) is 0 Å². The number of rotatable bonds is 9. The first-order chi connectivity index (χ1) is 14.8. The first kappa shape index (κ1) is 23.5. The topological polar surface area (TPSA) is 67.4 Å². The monoisotopic (exact) mass is 444 g/mol. The fourth-order valence-electron chi connectivity index (χ4n) is 4.00. The summed E-state index contributed by atoms with van der Waals surface area (Å²) in [4.78, 5) is 23.4. The molecular formula is C24H33ClN4O2. The van der Waals surface area contributed by atoms with Crippen molar-refractivity contribution < 1.29 is 9.53 Å². The molecule has 0 amide bonds. The maximum absolute atomic E-state index is 11.7. The maximum atomic E-state index is 11.7. The summed E-state index contributed by atoms with van der Waals surface area (Å²) in [5.41, 5.74) is 1.93. The minimum Gasteiger partial charge on any atom is -0.381 e. The van der Waals surface area contributed by atoms with Crippen LogP contribution < -0.4 is 10.2 Å². The Kier molecular flexibility index (Phi) is 8.27. The van der Waals surface area contributed by atoms with E-state index in [0.717, 1.165) is 49.7 Å². The fourth-order valence-corrected chi connectivity index (χ4v) is 4.11. The number of Topliss-reactive ketones (excluding diaryl/α,β-unsaturated/α-hetero) is 1. The molecule has 1 fully saturated rings. The van der Waals surface area contributed by atoms with E-state index in [1.54, 1.807) is 13.1 Å². The molecule has 3 heterocycles. The molecule has 1 saturated heterocycles. The van der Waals surface area contributed by atoms with Crippen LogP contribution in [0.2, 0.25) is 5.02 Å². The number of nitrogens with zero attached hydrogens (tertiary/aromatic N) is 3. The molecule has 2 aromatic rings. The first-order valence-corrected chi connectivity index (χ1v) is 11.4. The molecule has 168 valence electrons. The van der Waals surface area contributed by atoms with E-state index in [9.17, 15) is 4.79 Å². The average molecular weight is 445 g/mol. The van der Waals surface area contributed by atoms with Crippen LogP contribution in [0, 0.1) is 5.92 Å². The fraction of sp³-hybridized carbons (Fsp3) is 0.542. The summed E-state index contributed by atoms with van der Waals surface area (Å²) in [6.07, 6.45) is 6.00. The molecule has 0 spiro atoms. The lowest BCUT2D eigenvalue weighted by Crippen LogP contribution is -2.42. The maximum Gasteiger partial charge on any atom is 0.152 e. The van der Waals surface area contributed by atoms with Gasteiger partial charge in [-0.1, -0.05) is 32.4 Å². The van der Waals surface area contributed by atoms with Crippen LogP contribution in [-0.4, -0.2) is 41.6 Å². The van der Waals surface area contributed by atoms with Crippen molar-refractivity contribution >= 4 is 34.7 Å². The highest BCUT2D eigenvalue weighted by Crippen LogP contribution is 2.34. The van der Waals surface area contributed by atoms with E-state index in [4.69, 9.17) is 21.3 Å². The second-order valence-electron chi connectivity index (χ2n) is 8.82. The number of hydrogen-bond donors (Lipinski definition) is 1. The molecule has 0 radical (unpaired) electrons. The van der Waals surface area contributed by atoms with Crippen LogP contribution in [0.3, 0.4) is 0 Å². The van der Waals surface area contributed by atoms with E-state index < -0.39 is 0 Å². The van der Waals surface area contributed by atoms with Crippen LogP contribution >= 0.6 is 11.6 Å². The highest BCUT2D eigenvalue weighted by Gasteiger charge is 2.26. The van der Waals surface area contributed by atoms with Gasteiger partial charge in [-0.3, -0.25) is 0 Å². The molecule has 0 unspecified atom stereocenters. The summed E-state index contributed by atoms with van der Waals surface area (Å²) < 4.78 is 5.60. The number of carbonyl (C=O) groups excluding carboxylic acids is 1. The minimum absolute atomic E-state index is 0.0967. The smallest absolute Gasteiger partial charge is 0.152 e. The van der Waals surface area contributed by atoms with Crippen LogP contribution in [0.4, 0.5) is 17.3 Å². The molecule has 1 aliphatic rings. The van der Waals surface area contributed by atoms with Crippen molar-refractivity contribution in [3.8, 4) is 0 Å². The standard InChI is InChI=1S/C24H33ClN4O2/c1-16(2)15-29(21-7-9-31-10-8-21)24-22(28-23-6-5-20(25)14-26-23)12-19(13-27-24)17(3)11-18(4)30/h5-6,12-14,16-17,21H,7-11,15H2,1-4H3,(H,26,28)/t17-/m1/s1. The van der Waals surface area contributed by atoms with E-state index in [0.29, 0.717) is 29.2 Å². The number of ether oxygens (including phenoxy) is 1. The molecule has 0 aliphatic carbocycles. The second kappa shape index (κ2) is 10.9. The highest BCUT2D eigenvalue weighted by atomic mass is 35.5. The molecule has 2 aromatic heterocycles. The van der Waals surface area contributed by atoms with E-state index in [2.05, 4.69) is 42.0 Å². The summed E-state index contributed by atoms with van der Waals surface area (Å²) in [6.45, 7) is 10.6. The van der Waals surface area contributed by atoms with Crippen molar-refractivity contribution in [3.05, 3.63) is 41.2 Å². The van der Waals surface area contributed by atoms with Gasteiger partial charge in [-0.15, -0.1) is 0 Å². The lowest BCUT2D eigenvalue weighted by molar-refractivity contribution is -0.117. The predicted molar refractivity (Wildman–Crippen MR) is 127 cm³/mol. The summed E-state index contributed by atoms with van der Waals surface area (Å²) in [5.74, 6) is 2.38. The Balaban J connectivity index is 2.00. The van der Waals surface area contributed by atoms with Crippen LogP contribution in [0.5, 0.6) is 0 Å². The Morgan fingerprint density at radius 1 is 1.23 bits per heavy atom. The minimum atomic E-state index is 0.0967. The van der Waals surface area contributed by atoms with Crippen molar-refractivity contribution in [3.63, 3.8) is 0 Å². The largest absolute Gasteiger partial charge is 0.381 e. The number of ketones is 1. The summed E-state index contributed by atoms with van der Waals surface area (Å²) >= 11 is 6.02. The number of carbonyl (C=O) groups is 1. The molecule has 1 atom stereocenters. The van der Waals surface area contributed by atoms with Gasteiger partial charge in [0.15, 0.2) is 5.82 Å². The van der Waals surface area contributed by atoms with Gasteiger partial charge in [-0.05, 0) is 55.4 Å². The third-order valence-corrected chi connectivity index (χ3v) is 5.73. The molecule has 0 saturated carbocycles. The first-order valence-electron chi connectivity index (χ1n) is 11.1. The van der Waals surface area contributed by atoms with Crippen molar-refractivity contribution in [1.29, 1.82) is 0 Å². The average Bonchev–Trinajstić information content (AvgIpc) is 2.74. The van der Waals surface area contributed by atoms with Crippen LogP contribution in [0.1, 0.15) is 58.4 Å². The van der Waals surface area contributed by atoms with E-state index in [1.807, 2.05) is 18.3 Å². The molecule has 7 heteroatoms.